The molecule has 0 spiro atoms. The van der Waals surface area contributed by atoms with Gasteiger partial charge in [-0.05, 0) is 24.6 Å². The zero-order chi connectivity index (χ0) is 13.9. The van der Waals surface area contributed by atoms with Gasteiger partial charge < -0.3 is 5.73 Å². The molecule has 7 heteroatoms. The van der Waals surface area contributed by atoms with Crippen LogP contribution in [0.3, 0.4) is 0 Å². The van der Waals surface area contributed by atoms with Crippen LogP contribution in [0.4, 0.5) is 5.69 Å². The number of nitrogen functional groups attached to an aromatic ring is 1. The highest BCUT2D eigenvalue weighted by Crippen LogP contribution is 2.17. The molecule has 1 heterocycles. The largest absolute Gasteiger partial charge is 0.399 e. The van der Waals surface area contributed by atoms with E-state index >= 15 is 0 Å². The van der Waals surface area contributed by atoms with E-state index < -0.39 is 10.0 Å². The minimum absolute atomic E-state index is 0.0895. The topological polar surface area (TPSA) is 85.1 Å². The lowest BCUT2D eigenvalue weighted by Crippen LogP contribution is -2.28. The summed E-state index contributed by atoms with van der Waals surface area (Å²) in [5.74, 6) is -0.0895. The van der Waals surface area contributed by atoms with Gasteiger partial charge in [0.05, 0.1) is 11.8 Å². The fourth-order valence-electron chi connectivity index (χ4n) is 1.71. The first-order valence-electron chi connectivity index (χ1n) is 5.70. The van der Waals surface area contributed by atoms with Gasteiger partial charge in [0.2, 0.25) is 10.0 Å². The minimum atomic E-state index is -3.42. The van der Waals surface area contributed by atoms with Crippen molar-refractivity contribution >= 4 is 27.0 Å². The number of anilines is 1. The van der Waals surface area contributed by atoms with Crippen molar-refractivity contribution in [2.45, 2.75) is 18.7 Å². The third-order valence-electron chi connectivity index (χ3n) is 2.49. The minimum Gasteiger partial charge on any atom is -0.399 e. The maximum absolute atomic E-state index is 12.0. The fourth-order valence-corrected chi connectivity index (χ4v) is 3.78. The first-order valence-corrected chi connectivity index (χ1v) is 8.23. The van der Waals surface area contributed by atoms with Crippen LogP contribution < -0.4 is 10.5 Å². The van der Waals surface area contributed by atoms with E-state index in [1.807, 2.05) is 5.38 Å². The number of nitrogens with two attached hydrogens (primary N) is 1. The summed E-state index contributed by atoms with van der Waals surface area (Å²) in [6.45, 7) is 1.77. The van der Waals surface area contributed by atoms with Crippen molar-refractivity contribution in [1.29, 1.82) is 0 Å². The molecule has 0 fully saturated rings. The van der Waals surface area contributed by atoms with Crippen LogP contribution >= 0.6 is 11.3 Å². The van der Waals surface area contributed by atoms with Crippen LogP contribution in [-0.2, 0) is 15.8 Å². The smallest absolute Gasteiger partial charge is 0.216 e. The number of thiazole rings is 1. The van der Waals surface area contributed by atoms with Gasteiger partial charge in [-0.25, -0.2) is 18.1 Å². The highest BCUT2D eigenvalue weighted by Gasteiger charge is 2.18. The second-order valence-corrected chi connectivity index (χ2v) is 6.89. The zero-order valence-corrected chi connectivity index (χ0v) is 12.0. The number of rotatable bonds is 5. The SMILES string of the molecule is CC(NS(=O)(=O)Cc1cccc(N)c1)c1nccs1. The third-order valence-corrected chi connectivity index (χ3v) is 4.87. The number of sulfonamides is 1. The van der Waals surface area contributed by atoms with Crippen LogP contribution in [0.5, 0.6) is 0 Å². The van der Waals surface area contributed by atoms with E-state index in [0.717, 1.165) is 5.01 Å². The van der Waals surface area contributed by atoms with Crippen molar-refractivity contribution in [1.82, 2.24) is 9.71 Å². The van der Waals surface area contributed by atoms with Crippen molar-refractivity contribution in [3.63, 3.8) is 0 Å². The molecule has 0 aliphatic heterocycles. The summed E-state index contributed by atoms with van der Waals surface area (Å²) in [6.07, 6.45) is 1.66. The van der Waals surface area contributed by atoms with Gasteiger partial charge in [-0.1, -0.05) is 12.1 Å². The number of hydrogen-bond donors (Lipinski definition) is 2. The van der Waals surface area contributed by atoms with Crippen LogP contribution in [0.1, 0.15) is 23.5 Å². The van der Waals surface area contributed by atoms with Gasteiger partial charge in [-0.2, -0.15) is 0 Å². The molecule has 0 radical (unpaired) electrons. The van der Waals surface area contributed by atoms with Crippen LogP contribution in [0.2, 0.25) is 0 Å². The van der Waals surface area contributed by atoms with Crippen molar-refractivity contribution < 1.29 is 8.42 Å². The molecule has 1 atom stereocenters. The normalized spacial score (nSPS) is 13.3. The lowest BCUT2D eigenvalue weighted by molar-refractivity contribution is 0.565. The maximum Gasteiger partial charge on any atom is 0.216 e. The predicted octanol–water partition coefficient (Wildman–Crippen LogP) is 1.91. The molecule has 0 saturated heterocycles. The van der Waals surface area contributed by atoms with E-state index in [-0.39, 0.29) is 11.8 Å². The van der Waals surface area contributed by atoms with Crippen LogP contribution in [0.25, 0.3) is 0 Å². The Kier molecular flexibility index (Phi) is 4.18. The van der Waals surface area contributed by atoms with Crippen LogP contribution in [0, 0.1) is 0 Å². The van der Waals surface area contributed by atoms with Gasteiger partial charge in [-0.15, -0.1) is 11.3 Å². The van der Waals surface area contributed by atoms with Crippen LogP contribution in [0.15, 0.2) is 35.8 Å². The molecule has 1 unspecified atom stereocenters. The van der Waals surface area contributed by atoms with E-state index in [0.29, 0.717) is 11.3 Å². The number of aromatic nitrogens is 1. The molecule has 102 valence electrons. The van der Waals surface area contributed by atoms with Crippen molar-refractivity contribution in [3.05, 3.63) is 46.4 Å². The Balaban J connectivity index is 2.07. The van der Waals surface area contributed by atoms with Gasteiger partial charge in [-0.3, -0.25) is 0 Å². The van der Waals surface area contributed by atoms with Gasteiger partial charge in [0.25, 0.3) is 0 Å². The predicted molar refractivity (Wildman–Crippen MR) is 77.1 cm³/mol. The quantitative estimate of drug-likeness (QED) is 0.826. The number of benzene rings is 1. The Labute approximate surface area is 116 Å². The number of hydrogen-bond acceptors (Lipinski definition) is 5. The zero-order valence-electron chi connectivity index (χ0n) is 10.4. The van der Waals surface area contributed by atoms with Crippen LogP contribution in [-0.4, -0.2) is 13.4 Å². The summed E-state index contributed by atoms with van der Waals surface area (Å²) in [5, 5.41) is 2.56. The van der Waals surface area contributed by atoms with Gasteiger partial charge in [0.1, 0.15) is 5.01 Å². The Bertz CT molecular complexity index is 639. The lowest BCUT2D eigenvalue weighted by Gasteiger charge is -2.12. The summed E-state index contributed by atoms with van der Waals surface area (Å²) in [4.78, 5) is 4.09. The second-order valence-electron chi connectivity index (χ2n) is 4.21. The van der Waals surface area contributed by atoms with E-state index in [4.69, 9.17) is 5.73 Å². The monoisotopic (exact) mass is 297 g/mol. The fraction of sp³-hybridized carbons (Fsp3) is 0.250. The molecule has 5 nitrogen and oxygen atoms in total. The molecule has 2 aromatic rings. The van der Waals surface area contributed by atoms with Crippen molar-refractivity contribution in [3.8, 4) is 0 Å². The van der Waals surface area contributed by atoms with Crippen molar-refractivity contribution in [2.24, 2.45) is 0 Å². The Morgan fingerprint density at radius 1 is 1.47 bits per heavy atom. The van der Waals surface area contributed by atoms with E-state index in [9.17, 15) is 8.42 Å². The number of nitrogens with one attached hydrogen (secondary N) is 1. The average Bonchev–Trinajstić information content (AvgIpc) is 2.80. The van der Waals surface area contributed by atoms with E-state index in [1.165, 1.54) is 11.3 Å². The number of nitrogens with zero attached hydrogens (tertiary/aromatic N) is 1. The maximum atomic E-state index is 12.0. The molecule has 2 rings (SSSR count). The molecular formula is C12H15N3O2S2. The molecule has 0 aliphatic rings. The van der Waals surface area contributed by atoms with Crippen molar-refractivity contribution in [2.75, 3.05) is 5.73 Å². The average molecular weight is 297 g/mol. The molecule has 0 bridgehead atoms. The molecule has 0 saturated carbocycles. The second kappa shape index (κ2) is 5.68. The van der Waals surface area contributed by atoms with Gasteiger partial charge >= 0.3 is 0 Å². The first-order chi connectivity index (χ1) is 8.96. The highest BCUT2D eigenvalue weighted by atomic mass is 32.2. The Morgan fingerprint density at radius 2 is 2.26 bits per heavy atom. The Morgan fingerprint density at radius 3 is 2.89 bits per heavy atom. The molecule has 0 aliphatic carbocycles. The van der Waals surface area contributed by atoms with E-state index in [1.54, 1.807) is 37.4 Å². The third kappa shape index (κ3) is 4.02. The summed E-state index contributed by atoms with van der Waals surface area (Å²) in [7, 11) is -3.42. The highest BCUT2D eigenvalue weighted by molar-refractivity contribution is 7.88. The van der Waals surface area contributed by atoms with Gasteiger partial charge in [0, 0.05) is 17.3 Å². The first kappa shape index (κ1) is 14.0. The Hall–Kier alpha value is -1.44. The molecule has 0 amide bonds. The summed E-state index contributed by atoms with van der Waals surface area (Å²) < 4.78 is 26.7. The molecular weight excluding hydrogens is 282 g/mol. The molecule has 1 aromatic carbocycles. The summed E-state index contributed by atoms with van der Waals surface area (Å²) in [6, 6.07) is 6.54. The molecule has 19 heavy (non-hydrogen) atoms. The van der Waals surface area contributed by atoms with E-state index in [2.05, 4.69) is 9.71 Å². The van der Waals surface area contributed by atoms with Gasteiger partial charge in [0.15, 0.2) is 0 Å². The molecule has 3 N–H and O–H groups in total. The standard InChI is InChI=1S/C12H15N3O2S2/c1-9(12-14-5-6-18-12)15-19(16,17)8-10-3-2-4-11(13)7-10/h2-7,9,15H,8,13H2,1H3. The summed E-state index contributed by atoms with van der Waals surface area (Å²) in [5.41, 5.74) is 6.85. The molecule has 1 aromatic heterocycles. The lowest BCUT2D eigenvalue weighted by atomic mass is 10.2. The summed E-state index contributed by atoms with van der Waals surface area (Å²) >= 11 is 1.42.